The lowest BCUT2D eigenvalue weighted by Gasteiger charge is -2.27. The summed E-state index contributed by atoms with van der Waals surface area (Å²) in [6.07, 6.45) is 5.95. The normalized spacial score (nSPS) is 26.8. The number of amides is 1. The topological polar surface area (TPSA) is 38.3 Å². The molecule has 3 heteroatoms. The molecule has 0 spiro atoms. The van der Waals surface area contributed by atoms with Crippen molar-refractivity contribution in [2.75, 3.05) is 13.7 Å². The van der Waals surface area contributed by atoms with Crippen LogP contribution in [0.1, 0.15) is 12.8 Å². The predicted octanol–water partition coefficient (Wildman–Crippen LogP) is 0.983. The summed E-state index contributed by atoms with van der Waals surface area (Å²) in [5.41, 5.74) is 0.830. The number of fused-ring (bicyclic) bond motifs is 1. The van der Waals surface area contributed by atoms with E-state index in [4.69, 9.17) is 4.74 Å². The Morgan fingerprint density at radius 3 is 3.23 bits per heavy atom. The Morgan fingerprint density at radius 1 is 1.62 bits per heavy atom. The first-order valence-corrected chi connectivity index (χ1v) is 4.56. The van der Waals surface area contributed by atoms with Gasteiger partial charge in [0.15, 0.2) is 0 Å². The maximum Gasteiger partial charge on any atom is 0.251 e. The van der Waals surface area contributed by atoms with Gasteiger partial charge in [0.1, 0.15) is 5.76 Å². The largest absolute Gasteiger partial charge is 0.496 e. The van der Waals surface area contributed by atoms with E-state index in [-0.39, 0.29) is 5.91 Å². The molecular weight excluding hydrogens is 166 g/mol. The van der Waals surface area contributed by atoms with Gasteiger partial charge in [0.05, 0.1) is 12.7 Å². The van der Waals surface area contributed by atoms with Gasteiger partial charge in [-0.2, -0.15) is 0 Å². The van der Waals surface area contributed by atoms with Gasteiger partial charge in [-0.3, -0.25) is 4.79 Å². The Kier molecular flexibility index (Phi) is 2.08. The molecule has 0 bridgehead atoms. The van der Waals surface area contributed by atoms with E-state index < -0.39 is 0 Å². The number of hydrogen-bond acceptors (Lipinski definition) is 2. The summed E-state index contributed by atoms with van der Waals surface area (Å²) in [4.78, 5) is 11.5. The summed E-state index contributed by atoms with van der Waals surface area (Å²) in [5.74, 6) is 1.14. The Bertz CT molecular complexity index is 291. The number of allylic oxidation sites excluding steroid dienone is 2. The molecule has 1 aliphatic carbocycles. The monoisotopic (exact) mass is 179 g/mol. The van der Waals surface area contributed by atoms with E-state index in [1.807, 2.05) is 6.08 Å². The molecule has 1 atom stereocenters. The minimum absolute atomic E-state index is 0.0393. The molecule has 0 radical (unpaired) electrons. The van der Waals surface area contributed by atoms with Crippen molar-refractivity contribution < 1.29 is 9.53 Å². The second-order valence-electron chi connectivity index (χ2n) is 3.36. The Labute approximate surface area is 77.5 Å². The van der Waals surface area contributed by atoms with Crippen molar-refractivity contribution in [3.63, 3.8) is 0 Å². The minimum atomic E-state index is 0.0393. The Hall–Kier alpha value is -1.25. The zero-order valence-electron chi connectivity index (χ0n) is 7.67. The molecule has 2 aliphatic rings. The number of methoxy groups -OCH3 is 1. The van der Waals surface area contributed by atoms with Crippen LogP contribution in [0.5, 0.6) is 0 Å². The van der Waals surface area contributed by atoms with Gasteiger partial charge in [-0.1, -0.05) is 6.08 Å². The number of carbonyl (C=O) groups excluding carboxylic acids is 1. The molecule has 1 fully saturated rings. The number of rotatable bonds is 1. The number of carbonyl (C=O) groups is 1. The lowest BCUT2D eigenvalue weighted by molar-refractivity contribution is -0.119. The lowest BCUT2D eigenvalue weighted by Crippen LogP contribution is -2.37. The molecule has 1 amide bonds. The summed E-state index contributed by atoms with van der Waals surface area (Å²) < 4.78 is 5.16. The van der Waals surface area contributed by atoms with Gasteiger partial charge in [-0.15, -0.1) is 0 Å². The molecule has 0 aromatic carbocycles. The third kappa shape index (κ3) is 1.34. The zero-order chi connectivity index (χ0) is 9.26. The second-order valence-corrected chi connectivity index (χ2v) is 3.36. The Morgan fingerprint density at radius 2 is 2.46 bits per heavy atom. The highest BCUT2D eigenvalue weighted by Gasteiger charge is 2.29. The fourth-order valence-corrected chi connectivity index (χ4v) is 1.94. The minimum Gasteiger partial charge on any atom is -0.496 e. The molecule has 0 aromatic rings. The van der Waals surface area contributed by atoms with Gasteiger partial charge in [-0.05, 0) is 24.8 Å². The van der Waals surface area contributed by atoms with E-state index in [1.54, 1.807) is 7.11 Å². The quantitative estimate of drug-likeness (QED) is 0.651. The smallest absolute Gasteiger partial charge is 0.251 e. The molecule has 2 rings (SSSR count). The SMILES string of the molecule is COC1=C2C(=O)NCCC2CC=C1. The van der Waals surface area contributed by atoms with Crippen LogP contribution in [0, 0.1) is 5.92 Å². The first-order chi connectivity index (χ1) is 6.33. The molecule has 0 aromatic heterocycles. The number of piperidine rings is 1. The molecule has 1 heterocycles. The van der Waals surface area contributed by atoms with Crippen molar-refractivity contribution in [1.29, 1.82) is 0 Å². The van der Waals surface area contributed by atoms with Crippen molar-refractivity contribution in [2.24, 2.45) is 5.92 Å². The summed E-state index contributed by atoms with van der Waals surface area (Å²) >= 11 is 0. The molecule has 1 saturated heterocycles. The van der Waals surface area contributed by atoms with Gasteiger partial charge in [0, 0.05) is 6.54 Å². The number of hydrogen-bond donors (Lipinski definition) is 1. The van der Waals surface area contributed by atoms with Crippen molar-refractivity contribution in [2.45, 2.75) is 12.8 Å². The van der Waals surface area contributed by atoms with Crippen molar-refractivity contribution in [3.05, 3.63) is 23.5 Å². The van der Waals surface area contributed by atoms with Crippen LogP contribution < -0.4 is 5.32 Å². The first kappa shape index (κ1) is 8.35. The van der Waals surface area contributed by atoms with E-state index in [1.165, 1.54) is 0 Å². The summed E-state index contributed by atoms with van der Waals surface area (Å²) in [6, 6.07) is 0. The number of ether oxygens (including phenoxy) is 1. The molecule has 1 aliphatic heterocycles. The third-order valence-corrected chi connectivity index (χ3v) is 2.61. The van der Waals surface area contributed by atoms with Gasteiger partial charge < -0.3 is 10.1 Å². The van der Waals surface area contributed by atoms with E-state index in [0.29, 0.717) is 5.92 Å². The van der Waals surface area contributed by atoms with Crippen molar-refractivity contribution in [1.82, 2.24) is 5.32 Å². The number of nitrogens with one attached hydrogen (secondary N) is 1. The molecule has 1 N–H and O–H groups in total. The van der Waals surface area contributed by atoms with Gasteiger partial charge in [0.2, 0.25) is 0 Å². The standard InChI is InChI=1S/C10H13NO2/c1-13-8-4-2-3-7-5-6-11-10(12)9(7)8/h2,4,7H,3,5-6H2,1H3,(H,11,12). The van der Waals surface area contributed by atoms with Crippen LogP contribution in [0.4, 0.5) is 0 Å². The molecule has 13 heavy (non-hydrogen) atoms. The van der Waals surface area contributed by atoms with Crippen LogP contribution in [0.25, 0.3) is 0 Å². The summed E-state index contributed by atoms with van der Waals surface area (Å²) in [6.45, 7) is 0.790. The van der Waals surface area contributed by atoms with Crippen LogP contribution in [-0.2, 0) is 9.53 Å². The zero-order valence-corrected chi connectivity index (χ0v) is 7.67. The molecule has 3 nitrogen and oxygen atoms in total. The maximum absolute atomic E-state index is 11.5. The maximum atomic E-state index is 11.5. The van der Waals surface area contributed by atoms with Crippen molar-refractivity contribution in [3.8, 4) is 0 Å². The molecule has 0 saturated carbocycles. The highest BCUT2D eigenvalue weighted by molar-refractivity contribution is 5.95. The van der Waals surface area contributed by atoms with Gasteiger partial charge in [-0.25, -0.2) is 0 Å². The highest BCUT2D eigenvalue weighted by atomic mass is 16.5. The predicted molar refractivity (Wildman–Crippen MR) is 48.9 cm³/mol. The van der Waals surface area contributed by atoms with Crippen LogP contribution in [-0.4, -0.2) is 19.6 Å². The second kappa shape index (κ2) is 3.24. The van der Waals surface area contributed by atoms with Crippen LogP contribution in [0.15, 0.2) is 23.5 Å². The van der Waals surface area contributed by atoms with Gasteiger partial charge in [0.25, 0.3) is 5.91 Å². The van der Waals surface area contributed by atoms with E-state index in [0.717, 1.165) is 30.7 Å². The van der Waals surface area contributed by atoms with Gasteiger partial charge >= 0.3 is 0 Å². The molecule has 1 unspecified atom stereocenters. The van der Waals surface area contributed by atoms with Crippen LogP contribution >= 0.6 is 0 Å². The highest BCUT2D eigenvalue weighted by Crippen LogP contribution is 2.30. The van der Waals surface area contributed by atoms with Crippen LogP contribution in [0.3, 0.4) is 0 Å². The summed E-state index contributed by atoms with van der Waals surface area (Å²) in [5, 5.41) is 2.83. The van der Waals surface area contributed by atoms with E-state index in [9.17, 15) is 4.79 Å². The van der Waals surface area contributed by atoms with E-state index in [2.05, 4.69) is 11.4 Å². The fourth-order valence-electron chi connectivity index (χ4n) is 1.94. The average molecular weight is 179 g/mol. The molecule has 70 valence electrons. The lowest BCUT2D eigenvalue weighted by atomic mass is 9.85. The van der Waals surface area contributed by atoms with E-state index >= 15 is 0 Å². The molecular formula is C10H13NO2. The van der Waals surface area contributed by atoms with Crippen LogP contribution in [0.2, 0.25) is 0 Å². The fraction of sp³-hybridized carbons (Fsp3) is 0.500. The first-order valence-electron chi connectivity index (χ1n) is 4.56. The third-order valence-electron chi connectivity index (χ3n) is 2.61. The Balaban J connectivity index is 2.37. The summed E-state index contributed by atoms with van der Waals surface area (Å²) in [7, 11) is 1.61. The average Bonchev–Trinajstić information content (AvgIpc) is 2.17. The van der Waals surface area contributed by atoms with Crippen molar-refractivity contribution >= 4 is 5.91 Å².